The summed E-state index contributed by atoms with van der Waals surface area (Å²) in [6.45, 7) is 0. The van der Waals surface area contributed by atoms with Crippen molar-refractivity contribution in [3.8, 4) is 11.4 Å². The quantitative estimate of drug-likeness (QED) is 0.716. The molecular weight excluding hydrogens is 404 g/mol. The number of nitrogens with zero attached hydrogens (tertiary/aromatic N) is 2. The van der Waals surface area contributed by atoms with Crippen molar-refractivity contribution in [1.82, 2.24) is 9.97 Å². The van der Waals surface area contributed by atoms with E-state index in [2.05, 4.69) is 32.6 Å². The molecule has 1 fully saturated rings. The second-order valence-corrected chi connectivity index (χ2v) is 6.70. The summed E-state index contributed by atoms with van der Waals surface area (Å²) in [6, 6.07) is 4.82. The van der Waals surface area contributed by atoms with Crippen molar-refractivity contribution in [3.05, 3.63) is 38.3 Å². The van der Waals surface area contributed by atoms with Crippen LogP contribution in [-0.4, -0.2) is 9.97 Å². The van der Waals surface area contributed by atoms with Gasteiger partial charge in [-0.15, -0.1) is 0 Å². The van der Waals surface area contributed by atoms with Crippen LogP contribution in [0.25, 0.3) is 11.4 Å². The molecule has 1 aromatic carbocycles. The number of benzene rings is 1. The molecule has 0 bridgehead atoms. The van der Waals surface area contributed by atoms with Crippen LogP contribution in [0.1, 0.15) is 37.3 Å². The van der Waals surface area contributed by atoms with Gasteiger partial charge in [0.05, 0.1) is 19.9 Å². The summed E-state index contributed by atoms with van der Waals surface area (Å²) in [4.78, 5) is 8.83. The standard InChI is InChI=1S/C15H14ClFIN3/c16-10-7-3-6-9(11(10)17)15-20-13(8-4-1-2-5-8)12(18)14(19)21-15/h3,6-8H,1-2,4-5H2,(H2,19,20,21). The van der Waals surface area contributed by atoms with Crippen LogP contribution in [0.15, 0.2) is 18.2 Å². The molecule has 0 unspecified atom stereocenters. The minimum absolute atomic E-state index is 0.0654. The van der Waals surface area contributed by atoms with Gasteiger partial charge in [-0.05, 0) is 47.6 Å². The fourth-order valence-electron chi connectivity index (χ4n) is 2.75. The number of anilines is 1. The number of nitrogen functional groups attached to an aromatic ring is 1. The fourth-order valence-corrected chi connectivity index (χ4v) is 3.61. The lowest BCUT2D eigenvalue weighted by atomic mass is 10.0. The molecule has 6 heteroatoms. The SMILES string of the molecule is Nc1nc(-c2cccc(Cl)c2F)nc(C2CCCC2)c1I. The Hall–Kier alpha value is -0.950. The van der Waals surface area contributed by atoms with Gasteiger partial charge in [0.25, 0.3) is 0 Å². The minimum atomic E-state index is -0.503. The van der Waals surface area contributed by atoms with Gasteiger partial charge in [-0.3, -0.25) is 0 Å². The lowest BCUT2D eigenvalue weighted by Gasteiger charge is -2.14. The summed E-state index contributed by atoms with van der Waals surface area (Å²) >= 11 is 8.01. The van der Waals surface area contributed by atoms with Gasteiger partial charge in [-0.25, -0.2) is 14.4 Å². The monoisotopic (exact) mass is 417 g/mol. The van der Waals surface area contributed by atoms with E-state index in [1.807, 2.05) is 0 Å². The number of halogens is 3. The molecule has 1 aliphatic rings. The first-order valence-corrected chi connectivity index (χ1v) is 8.31. The highest BCUT2D eigenvalue weighted by atomic mass is 127. The molecule has 0 amide bonds. The Bertz CT molecular complexity index is 687. The molecular formula is C15H14ClFIN3. The topological polar surface area (TPSA) is 51.8 Å². The summed E-state index contributed by atoms with van der Waals surface area (Å²) in [5.41, 5.74) is 7.24. The van der Waals surface area contributed by atoms with Crippen molar-refractivity contribution in [3.63, 3.8) is 0 Å². The highest BCUT2D eigenvalue weighted by molar-refractivity contribution is 14.1. The highest BCUT2D eigenvalue weighted by Gasteiger charge is 2.24. The molecule has 0 radical (unpaired) electrons. The fraction of sp³-hybridized carbons (Fsp3) is 0.333. The molecule has 1 saturated carbocycles. The van der Waals surface area contributed by atoms with Gasteiger partial charge in [-0.2, -0.15) is 0 Å². The number of hydrogen-bond acceptors (Lipinski definition) is 3. The van der Waals surface area contributed by atoms with Gasteiger partial charge >= 0.3 is 0 Å². The Balaban J connectivity index is 2.13. The Labute approximate surface area is 141 Å². The average molecular weight is 418 g/mol. The van der Waals surface area contributed by atoms with Gasteiger partial charge < -0.3 is 5.73 Å². The highest BCUT2D eigenvalue weighted by Crippen LogP contribution is 2.37. The van der Waals surface area contributed by atoms with Crippen LogP contribution < -0.4 is 5.73 Å². The van der Waals surface area contributed by atoms with E-state index in [-0.39, 0.29) is 5.02 Å². The Kier molecular flexibility index (Phi) is 4.31. The Morgan fingerprint density at radius 3 is 2.67 bits per heavy atom. The normalized spacial score (nSPS) is 15.6. The van der Waals surface area contributed by atoms with E-state index >= 15 is 0 Å². The van der Waals surface area contributed by atoms with Crippen LogP contribution in [0, 0.1) is 9.39 Å². The molecule has 0 atom stereocenters. The molecule has 3 nitrogen and oxygen atoms in total. The van der Waals surface area contributed by atoms with Gasteiger partial charge in [0.15, 0.2) is 11.6 Å². The molecule has 0 saturated heterocycles. The number of aromatic nitrogens is 2. The van der Waals surface area contributed by atoms with E-state index in [0.29, 0.717) is 23.1 Å². The zero-order chi connectivity index (χ0) is 15.0. The van der Waals surface area contributed by atoms with Crippen LogP contribution >= 0.6 is 34.2 Å². The molecule has 2 aromatic rings. The Morgan fingerprint density at radius 1 is 1.24 bits per heavy atom. The van der Waals surface area contributed by atoms with Crippen LogP contribution in [0.5, 0.6) is 0 Å². The van der Waals surface area contributed by atoms with Crippen LogP contribution in [-0.2, 0) is 0 Å². The van der Waals surface area contributed by atoms with E-state index in [9.17, 15) is 4.39 Å². The minimum Gasteiger partial charge on any atom is -0.383 e. The second kappa shape index (κ2) is 6.04. The van der Waals surface area contributed by atoms with Crippen molar-refractivity contribution in [1.29, 1.82) is 0 Å². The second-order valence-electron chi connectivity index (χ2n) is 5.21. The molecule has 2 N–H and O–H groups in total. The predicted octanol–water partition coefficient (Wildman–Crippen LogP) is 4.78. The zero-order valence-corrected chi connectivity index (χ0v) is 14.2. The molecule has 0 aliphatic heterocycles. The first-order chi connectivity index (χ1) is 10.1. The van der Waals surface area contributed by atoms with E-state index in [4.69, 9.17) is 17.3 Å². The largest absolute Gasteiger partial charge is 0.383 e. The third-order valence-electron chi connectivity index (χ3n) is 3.84. The molecule has 1 aromatic heterocycles. The van der Waals surface area contributed by atoms with Gasteiger partial charge in [0, 0.05) is 5.92 Å². The van der Waals surface area contributed by atoms with Crippen molar-refractivity contribution in [2.45, 2.75) is 31.6 Å². The van der Waals surface area contributed by atoms with Crippen molar-refractivity contribution in [2.24, 2.45) is 0 Å². The van der Waals surface area contributed by atoms with Crippen LogP contribution in [0.2, 0.25) is 5.02 Å². The van der Waals surface area contributed by atoms with Crippen LogP contribution in [0.3, 0.4) is 0 Å². The lowest BCUT2D eigenvalue weighted by molar-refractivity contribution is 0.629. The summed E-state index contributed by atoms with van der Waals surface area (Å²) in [6.07, 6.45) is 4.60. The van der Waals surface area contributed by atoms with E-state index in [1.165, 1.54) is 18.9 Å². The van der Waals surface area contributed by atoms with Crippen LogP contribution in [0.4, 0.5) is 10.2 Å². The third-order valence-corrected chi connectivity index (χ3v) is 5.23. The maximum absolute atomic E-state index is 14.2. The summed E-state index contributed by atoms with van der Waals surface area (Å²) in [5, 5.41) is 0.0654. The predicted molar refractivity (Wildman–Crippen MR) is 90.8 cm³/mol. The molecule has 110 valence electrons. The maximum atomic E-state index is 14.2. The molecule has 3 rings (SSSR count). The van der Waals surface area contributed by atoms with E-state index < -0.39 is 5.82 Å². The van der Waals surface area contributed by atoms with Gasteiger partial charge in [0.1, 0.15) is 5.82 Å². The first kappa shape index (κ1) is 15.0. The number of nitrogens with two attached hydrogens (primary N) is 1. The molecule has 1 aliphatic carbocycles. The smallest absolute Gasteiger partial charge is 0.164 e. The van der Waals surface area contributed by atoms with Crippen molar-refractivity contribution < 1.29 is 4.39 Å². The summed E-state index contributed by atoms with van der Waals surface area (Å²) in [7, 11) is 0. The molecule has 21 heavy (non-hydrogen) atoms. The summed E-state index contributed by atoms with van der Waals surface area (Å²) in [5.74, 6) is 0.608. The maximum Gasteiger partial charge on any atom is 0.164 e. The van der Waals surface area contributed by atoms with Gasteiger partial charge in [-0.1, -0.05) is 30.5 Å². The van der Waals surface area contributed by atoms with Crippen molar-refractivity contribution in [2.75, 3.05) is 5.73 Å². The molecule has 1 heterocycles. The number of rotatable bonds is 2. The summed E-state index contributed by atoms with van der Waals surface area (Å²) < 4.78 is 15.1. The Morgan fingerprint density at radius 2 is 1.95 bits per heavy atom. The number of hydrogen-bond donors (Lipinski definition) is 1. The van der Waals surface area contributed by atoms with E-state index in [1.54, 1.807) is 12.1 Å². The third kappa shape index (κ3) is 2.85. The zero-order valence-electron chi connectivity index (χ0n) is 11.2. The average Bonchev–Trinajstić information content (AvgIpc) is 2.99. The van der Waals surface area contributed by atoms with E-state index in [0.717, 1.165) is 22.1 Å². The first-order valence-electron chi connectivity index (χ1n) is 6.85. The lowest BCUT2D eigenvalue weighted by Crippen LogP contribution is -2.08. The molecule has 0 spiro atoms. The van der Waals surface area contributed by atoms with Gasteiger partial charge in [0.2, 0.25) is 0 Å². The van der Waals surface area contributed by atoms with Crippen molar-refractivity contribution >= 4 is 40.0 Å².